The van der Waals surface area contributed by atoms with Crippen LogP contribution in [0.25, 0.3) is 6.08 Å². The lowest BCUT2D eigenvalue weighted by molar-refractivity contribution is 0.117. The number of benzene rings is 3. The van der Waals surface area contributed by atoms with Crippen LogP contribution in [0.5, 0.6) is 5.75 Å². The first kappa shape index (κ1) is 32.9. The minimum absolute atomic E-state index is 0.0225. The number of fused-ring (bicyclic) bond motifs is 1. The van der Waals surface area contributed by atoms with Gasteiger partial charge in [-0.25, -0.2) is 8.42 Å². The van der Waals surface area contributed by atoms with Gasteiger partial charge in [0.15, 0.2) is 9.84 Å². The van der Waals surface area contributed by atoms with Crippen LogP contribution < -0.4 is 10.4 Å². The molecule has 0 radical (unpaired) electrons. The van der Waals surface area contributed by atoms with E-state index in [9.17, 15) is 13.5 Å². The summed E-state index contributed by atoms with van der Waals surface area (Å²) in [6.45, 7) is 9.31. The Labute approximate surface area is 272 Å². The normalized spacial score (nSPS) is 20.2. The molecule has 0 aromatic heterocycles. The Balaban J connectivity index is 1.46. The first-order valence-corrected chi connectivity index (χ1v) is 19.9. The van der Waals surface area contributed by atoms with Crippen molar-refractivity contribution in [3.8, 4) is 5.75 Å². The van der Waals surface area contributed by atoms with E-state index in [1.165, 1.54) is 15.9 Å². The Morgan fingerprint density at radius 3 is 2.25 bits per heavy atom. The minimum Gasteiger partial charge on any atom is -0.507 e. The van der Waals surface area contributed by atoms with Crippen LogP contribution >= 0.6 is 15.9 Å². The number of ether oxygens (including phenoxy) is 1. The molecule has 2 atom stereocenters. The molecule has 1 N–H and O–H groups in total. The predicted octanol–water partition coefficient (Wildman–Crippen LogP) is 7.19. The van der Waals surface area contributed by atoms with Crippen molar-refractivity contribution in [3.63, 3.8) is 0 Å². The van der Waals surface area contributed by atoms with E-state index in [1.54, 1.807) is 6.07 Å². The number of hydrogen-bond donors (Lipinski definition) is 1. The van der Waals surface area contributed by atoms with Gasteiger partial charge < -0.3 is 14.3 Å². The summed E-state index contributed by atoms with van der Waals surface area (Å²) >= 11 is 3.50. The lowest BCUT2D eigenvalue weighted by Crippen LogP contribution is -2.66. The topological polar surface area (TPSA) is 72.8 Å². The van der Waals surface area contributed by atoms with Crippen LogP contribution in [0, 0.1) is 0 Å². The molecule has 2 aliphatic heterocycles. The summed E-state index contributed by atoms with van der Waals surface area (Å²) < 4.78 is 41.1. The zero-order valence-corrected chi connectivity index (χ0v) is 29.5. The van der Waals surface area contributed by atoms with E-state index in [2.05, 4.69) is 98.2 Å². The summed E-state index contributed by atoms with van der Waals surface area (Å²) in [5.41, 5.74) is 3.75. The largest absolute Gasteiger partial charge is 0.507 e. The summed E-state index contributed by atoms with van der Waals surface area (Å²) in [6, 6.07) is 26.3. The van der Waals surface area contributed by atoms with Crippen LogP contribution in [0.4, 0.5) is 0 Å². The molecule has 2 heterocycles. The highest BCUT2D eigenvalue weighted by Gasteiger charge is 2.52. The zero-order valence-electron chi connectivity index (χ0n) is 26.1. The number of aromatic hydroxyl groups is 1. The summed E-state index contributed by atoms with van der Waals surface area (Å²) in [7, 11) is -6.20. The van der Waals surface area contributed by atoms with E-state index in [0.717, 1.165) is 40.4 Å². The Morgan fingerprint density at radius 2 is 1.66 bits per heavy atom. The highest BCUT2D eigenvalue weighted by atomic mass is 79.9. The van der Waals surface area contributed by atoms with Crippen molar-refractivity contribution in [2.24, 2.45) is 0 Å². The molecule has 0 saturated carbocycles. The summed E-state index contributed by atoms with van der Waals surface area (Å²) in [5.74, 6) is 0.264. The number of rotatable bonds is 11. The molecule has 0 spiro atoms. The fraction of sp³-hybridized carbons (Fsp3) is 0.389. The molecular weight excluding hydrogens is 652 g/mol. The van der Waals surface area contributed by atoms with Gasteiger partial charge >= 0.3 is 0 Å². The van der Waals surface area contributed by atoms with E-state index in [4.69, 9.17) is 9.16 Å². The van der Waals surface area contributed by atoms with Crippen LogP contribution in [-0.4, -0.2) is 52.2 Å². The standard InChI is InChI=1S/C36H43BrO5SSi/c1-5-12-26(21-27-22-29(37)18-19-32(27)38)17-20-33-35-28(25-43(39,40)34(35)24-41-33)23-42-44(36(2,3)4,30-13-8-6-9-14-30)31-15-10-7-11-16-31/h6-11,13-16,18-19,21-22,33-34,38H,5,12,17,20,23-25H2,1-4H3/b26-21+/t33-,34+/m1/s1. The highest BCUT2D eigenvalue weighted by molar-refractivity contribution is 9.10. The van der Waals surface area contributed by atoms with Crippen molar-refractivity contribution in [2.75, 3.05) is 19.0 Å². The van der Waals surface area contributed by atoms with Crippen molar-refractivity contribution in [1.82, 2.24) is 0 Å². The first-order valence-electron chi connectivity index (χ1n) is 15.4. The van der Waals surface area contributed by atoms with E-state index in [1.807, 2.05) is 24.3 Å². The van der Waals surface area contributed by atoms with E-state index in [-0.39, 0.29) is 35.9 Å². The van der Waals surface area contributed by atoms with Gasteiger partial charge in [0.25, 0.3) is 8.32 Å². The number of phenolic OH excluding ortho intramolecular Hbond substituents is 1. The van der Waals surface area contributed by atoms with Crippen molar-refractivity contribution in [3.05, 3.63) is 106 Å². The highest BCUT2D eigenvalue weighted by Crippen LogP contribution is 2.41. The quantitative estimate of drug-likeness (QED) is 0.170. The molecule has 3 aromatic rings. The van der Waals surface area contributed by atoms with Crippen LogP contribution in [0.15, 0.2) is 100 Å². The van der Waals surface area contributed by atoms with Gasteiger partial charge in [-0.3, -0.25) is 0 Å². The van der Waals surface area contributed by atoms with Crippen LogP contribution in [0.1, 0.15) is 58.9 Å². The van der Waals surface area contributed by atoms with Crippen LogP contribution in [0.3, 0.4) is 0 Å². The smallest absolute Gasteiger partial charge is 0.261 e. The van der Waals surface area contributed by atoms with Crippen LogP contribution in [0.2, 0.25) is 5.04 Å². The van der Waals surface area contributed by atoms with Crippen molar-refractivity contribution < 1.29 is 22.7 Å². The zero-order chi connectivity index (χ0) is 31.5. The molecule has 5 rings (SSSR count). The molecule has 234 valence electrons. The van der Waals surface area contributed by atoms with Gasteiger partial charge in [-0.15, -0.1) is 0 Å². The monoisotopic (exact) mass is 694 g/mol. The maximum atomic E-state index is 13.4. The Hall–Kier alpha value is -2.49. The van der Waals surface area contributed by atoms with Gasteiger partial charge in [0.2, 0.25) is 0 Å². The Kier molecular flexibility index (Phi) is 10.1. The predicted molar refractivity (Wildman–Crippen MR) is 186 cm³/mol. The summed E-state index contributed by atoms with van der Waals surface area (Å²) in [5, 5.41) is 12.0. The molecule has 0 amide bonds. The summed E-state index contributed by atoms with van der Waals surface area (Å²) in [4.78, 5) is 0. The molecule has 3 aromatic carbocycles. The van der Waals surface area contributed by atoms with Crippen molar-refractivity contribution >= 4 is 50.5 Å². The molecule has 44 heavy (non-hydrogen) atoms. The van der Waals surface area contributed by atoms with Crippen molar-refractivity contribution in [2.45, 2.75) is 69.8 Å². The molecule has 5 nitrogen and oxygen atoms in total. The van der Waals surface area contributed by atoms with E-state index in [0.29, 0.717) is 6.42 Å². The fourth-order valence-corrected chi connectivity index (χ4v) is 13.7. The average molecular weight is 696 g/mol. The van der Waals surface area contributed by atoms with Gasteiger partial charge in [0.1, 0.15) is 11.0 Å². The number of allylic oxidation sites excluding steroid dienone is 1. The molecule has 8 heteroatoms. The molecule has 0 bridgehead atoms. The third-order valence-electron chi connectivity index (χ3n) is 8.89. The molecule has 1 saturated heterocycles. The number of halogens is 1. The second-order valence-electron chi connectivity index (χ2n) is 12.9. The van der Waals surface area contributed by atoms with E-state index >= 15 is 0 Å². The molecular formula is C36H43BrO5SSi. The van der Waals surface area contributed by atoms with Crippen molar-refractivity contribution in [1.29, 1.82) is 0 Å². The van der Waals surface area contributed by atoms with Gasteiger partial charge in [0.05, 0.1) is 25.1 Å². The number of sulfone groups is 1. The van der Waals surface area contributed by atoms with Crippen LogP contribution in [-0.2, 0) is 19.0 Å². The Bertz CT molecular complexity index is 1590. The average Bonchev–Trinajstić information content (AvgIpc) is 3.53. The lowest BCUT2D eigenvalue weighted by atomic mass is 9.95. The third-order valence-corrected chi connectivity index (χ3v) is 16.4. The molecule has 0 unspecified atom stereocenters. The second kappa shape index (κ2) is 13.5. The maximum Gasteiger partial charge on any atom is 0.261 e. The molecule has 2 aliphatic rings. The van der Waals surface area contributed by atoms with Gasteiger partial charge in [-0.2, -0.15) is 0 Å². The first-order chi connectivity index (χ1) is 21.0. The molecule has 1 fully saturated rings. The lowest BCUT2D eigenvalue weighted by Gasteiger charge is -2.43. The SMILES string of the molecule is CCC/C(=C\c1cc(Br)ccc1O)CC[C@H]1OC[C@H]2C1=C(CO[Si](c1ccccc1)(c1ccccc1)C(C)(C)C)CS2(=O)=O. The molecule has 0 aliphatic carbocycles. The van der Waals surface area contributed by atoms with Gasteiger partial charge in [0, 0.05) is 10.0 Å². The number of phenols is 1. The third kappa shape index (κ3) is 6.70. The van der Waals surface area contributed by atoms with Gasteiger partial charge in [-0.1, -0.05) is 122 Å². The minimum atomic E-state index is -3.36. The second-order valence-corrected chi connectivity index (χ2v) is 20.3. The number of hydrogen-bond acceptors (Lipinski definition) is 5. The van der Waals surface area contributed by atoms with Gasteiger partial charge in [-0.05, 0) is 64.0 Å². The Morgan fingerprint density at radius 1 is 1.02 bits per heavy atom. The summed E-state index contributed by atoms with van der Waals surface area (Å²) in [6.07, 6.45) is 5.09. The van der Waals surface area contributed by atoms with E-state index < -0.39 is 23.4 Å². The maximum absolute atomic E-state index is 13.4. The fourth-order valence-electron chi connectivity index (χ4n) is 6.86.